The van der Waals surface area contributed by atoms with Gasteiger partial charge in [-0.3, -0.25) is 4.90 Å². The van der Waals surface area contributed by atoms with Crippen LogP contribution in [-0.2, 0) is 0 Å². The molecule has 0 bridgehead atoms. The molecule has 1 aromatic carbocycles. The number of anilines is 4. The van der Waals surface area contributed by atoms with Gasteiger partial charge in [-0.2, -0.15) is 15.0 Å². The molecule has 1 saturated carbocycles. The summed E-state index contributed by atoms with van der Waals surface area (Å²) in [5, 5.41) is 10.5. The number of likely N-dealkylation sites (tertiary alicyclic amines) is 1. The van der Waals surface area contributed by atoms with E-state index in [0.29, 0.717) is 36.5 Å². The minimum Gasteiger partial charge on any atom is -0.492 e. The van der Waals surface area contributed by atoms with Crippen molar-refractivity contribution in [3.63, 3.8) is 0 Å². The van der Waals surface area contributed by atoms with E-state index in [-0.39, 0.29) is 0 Å². The van der Waals surface area contributed by atoms with Crippen molar-refractivity contribution in [2.24, 2.45) is 0 Å². The number of likely N-dealkylation sites (N-methyl/N-ethyl adjacent to an activating group) is 1. The molecule has 1 saturated heterocycles. The predicted octanol–water partition coefficient (Wildman–Crippen LogP) is 6.20. The van der Waals surface area contributed by atoms with Gasteiger partial charge in [0.05, 0.1) is 11.1 Å². The Morgan fingerprint density at radius 1 is 0.971 bits per heavy atom. The van der Waals surface area contributed by atoms with Gasteiger partial charge in [-0.15, -0.1) is 0 Å². The number of nitrogens with one attached hydrogen (secondary N) is 3. The SMILES string of the molecule is CCCOc1ccc(Nc2nc(NCC3CCCN3CC)nc(NC3CCCCCC3)n2)cc1Br. The van der Waals surface area contributed by atoms with Crippen LogP contribution in [0.4, 0.5) is 23.5 Å². The highest BCUT2D eigenvalue weighted by atomic mass is 79.9. The van der Waals surface area contributed by atoms with Crippen LogP contribution in [0.1, 0.15) is 71.6 Å². The van der Waals surface area contributed by atoms with Gasteiger partial charge < -0.3 is 20.7 Å². The number of aromatic nitrogens is 3. The van der Waals surface area contributed by atoms with Crippen molar-refractivity contribution in [1.82, 2.24) is 19.9 Å². The monoisotopic (exact) mass is 545 g/mol. The molecule has 1 aliphatic carbocycles. The Labute approximate surface area is 218 Å². The van der Waals surface area contributed by atoms with Crippen LogP contribution in [0.15, 0.2) is 22.7 Å². The number of rotatable bonds is 11. The molecular weight excluding hydrogens is 506 g/mol. The minimum absolute atomic E-state index is 0.412. The van der Waals surface area contributed by atoms with Gasteiger partial charge in [-0.05, 0) is 79.3 Å². The van der Waals surface area contributed by atoms with Gasteiger partial charge in [0.2, 0.25) is 17.8 Å². The molecule has 35 heavy (non-hydrogen) atoms. The third kappa shape index (κ3) is 7.67. The fraction of sp³-hybridized carbons (Fsp3) is 0.654. The van der Waals surface area contributed by atoms with E-state index in [1.807, 2.05) is 18.2 Å². The minimum atomic E-state index is 0.412. The van der Waals surface area contributed by atoms with Crippen LogP contribution in [0.25, 0.3) is 0 Å². The van der Waals surface area contributed by atoms with Gasteiger partial charge in [0.25, 0.3) is 0 Å². The normalized spacial score (nSPS) is 19.3. The van der Waals surface area contributed by atoms with E-state index >= 15 is 0 Å². The Kier molecular flexibility index (Phi) is 9.83. The average Bonchev–Trinajstić information content (AvgIpc) is 3.16. The van der Waals surface area contributed by atoms with Crippen molar-refractivity contribution >= 4 is 39.5 Å². The Balaban J connectivity index is 1.50. The standard InChI is InChI=1S/C26H40BrN7O/c1-3-16-35-23-14-13-20(17-22(23)27)30-26-32-24(28-18-21-12-9-15-34(21)4-2)31-25(33-26)29-19-10-7-5-6-8-11-19/h13-14,17,19,21H,3-12,15-16,18H2,1-2H3,(H3,28,29,30,31,32,33). The van der Waals surface area contributed by atoms with Gasteiger partial charge in [0.1, 0.15) is 5.75 Å². The molecule has 4 rings (SSSR count). The molecule has 3 N–H and O–H groups in total. The molecular formula is C26H40BrN7O. The summed E-state index contributed by atoms with van der Waals surface area (Å²) >= 11 is 3.62. The van der Waals surface area contributed by atoms with E-state index in [1.54, 1.807) is 0 Å². The van der Waals surface area contributed by atoms with Gasteiger partial charge >= 0.3 is 0 Å². The predicted molar refractivity (Wildman–Crippen MR) is 147 cm³/mol. The van der Waals surface area contributed by atoms with Crippen LogP contribution in [0.2, 0.25) is 0 Å². The number of nitrogens with zero attached hydrogens (tertiary/aromatic N) is 4. The van der Waals surface area contributed by atoms with Gasteiger partial charge in [-0.25, -0.2) is 0 Å². The molecule has 192 valence electrons. The van der Waals surface area contributed by atoms with Crippen molar-refractivity contribution in [2.75, 3.05) is 42.2 Å². The lowest BCUT2D eigenvalue weighted by molar-refractivity contribution is 0.277. The smallest absolute Gasteiger partial charge is 0.233 e. The maximum absolute atomic E-state index is 5.78. The highest BCUT2D eigenvalue weighted by Crippen LogP contribution is 2.30. The molecule has 1 atom stereocenters. The van der Waals surface area contributed by atoms with Crippen molar-refractivity contribution in [3.8, 4) is 5.75 Å². The summed E-state index contributed by atoms with van der Waals surface area (Å²) < 4.78 is 6.69. The maximum Gasteiger partial charge on any atom is 0.233 e. The van der Waals surface area contributed by atoms with Crippen LogP contribution in [0, 0.1) is 0 Å². The van der Waals surface area contributed by atoms with Crippen LogP contribution in [-0.4, -0.2) is 58.2 Å². The molecule has 9 heteroatoms. The Hall–Kier alpha value is -2.13. The highest BCUT2D eigenvalue weighted by Gasteiger charge is 2.23. The summed E-state index contributed by atoms with van der Waals surface area (Å²) in [6.45, 7) is 8.12. The molecule has 2 aromatic rings. The summed E-state index contributed by atoms with van der Waals surface area (Å²) in [5.74, 6) is 2.62. The molecule has 2 aliphatic rings. The second-order valence-electron chi connectivity index (χ2n) is 9.56. The number of halogens is 1. The largest absolute Gasteiger partial charge is 0.492 e. The van der Waals surface area contributed by atoms with E-state index in [4.69, 9.17) is 19.7 Å². The first-order chi connectivity index (χ1) is 17.1. The Morgan fingerprint density at radius 2 is 1.74 bits per heavy atom. The number of ether oxygens (including phenoxy) is 1. The molecule has 1 aromatic heterocycles. The molecule has 0 spiro atoms. The zero-order valence-corrected chi connectivity index (χ0v) is 22.7. The fourth-order valence-electron chi connectivity index (χ4n) is 4.97. The van der Waals surface area contributed by atoms with E-state index in [2.05, 4.69) is 50.6 Å². The number of benzene rings is 1. The van der Waals surface area contributed by atoms with E-state index < -0.39 is 0 Å². The summed E-state index contributed by atoms with van der Waals surface area (Å²) in [5.41, 5.74) is 0.895. The summed E-state index contributed by atoms with van der Waals surface area (Å²) in [4.78, 5) is 16.7. The average molecular weight is 547 g/mol. The number of hydrogen-bond donors (Lipinski definition) is 3. The highest BCUT2D eigenvalue weighted by molar-refractivity contribution is 9.10. The van der Waals surface area contributed by atoms with Crippen molar-refractivity contribution < 1.29 is 4.74 Å². The molecule has 2 heterocycles. The molecule has 2 fully saturated rings. The van der Waals surface area contributed by atoms with Crippen LogP contribution in [0.5, 0.6) is 5.75 Å². The first-order valence-electron chi connectivity index (χ1n) is 13.3. The van der Waals surface area contributed by atoms with E-state index in [9.17, 15) is 0 Å². The zero-order valence-electron chi connectivity index (χ0n) is 21.2. The van der Waals surface area contributed by atoms with Crippen molar-refractivity contribution in [1.29, 1.82) is 0 Å². The van der Waals surface area contributed by atoms with Crippen molar-refractivity contribution in [3.05, 3.63) is 22.7 Å². The lowest BCUT2D eigenvalue weighted by atomic mass is 10.1. The summed E-state index contributed by atoms with van der Waals surface area (Å²) in [6.07, 6.45) is 10.9. The molecule has 1 aliphatic heterocycles. The topological polar surface area (TPSA) is 87.2 Å². The van der Waals surface area contributed by atoms with Crippen molar-refractivity contribution in [2.45, 2.75) is 83.7 Å². The van der Waals surface area contributed by atoms with Crippen LogP contribution < -0.4 is 20.7 Å². The van der Waals surface area contributed by atoms with Gasteiger partial charge in [0.15, 0.2) is 0 Å². The van der Waals surface area contributed by atoms with Gasteiger partial charge in [0, 0.05) is 24.3 Å². The number of hydrogen-bond acceptors (Lipinski definition) is 8. The lowest BCUT2D eigenvalue weighted by Gasteiger charge is -2.23. The van der Waals surface area contributed by atoms with E-state index in [0.717, 1.165) is 48.3 Å². The summed E-state index contributed by atoms with van der Waals surface area (Å²) in [7, 11) is 0. The first kappa shape index (κ1) is 25.9. The molecule has 1 unspecified atom stereocenters. The van der Waals surface area contributed by atoms with Crippen LogP contribution >= 0.6 is 15.9 Å². The molecule has 8 nitrogen and oxygen atoms in total. The lowest BCUT2D eigenvalue weighted by Crippen LogP contribution is -2.35. The quantitative estimate of drug-likeness (QED) is 0.288. The van der Waals surface area contributed by atoms with E-state index in [1.165, 1.54) is 45.1 Å². The second-order valence-corrected chi connectivity index (χ2v) is 10.4. The molecule has 0 amide bonds. The Morgan fingerprint density at radius 3 is 2.49 bits per heavy atom. The second kappa shape index (κ2) is 13.3. The third-order valence-electron chi connectivity index (χ3n) is 6.87. The fourth-order valence-corrected chi connectivity index (χ4v) is 5.46. The van der Waals surface area contributed by atoms with Gasteiger partial charge in [-0.1, -0.05) is 39.5 Å². The Bertz CT molecular complexity index is 936. The van der Waals surface area contributed by atoms with Crippen LogP contribution in [0.3, 0.4) is 0 Å². The summed E-state index contributed by atoms with van der Waals surface area (Å²) in [6, 6.07) is 6.89. The zero-order chi connectivity index (χ0) is 24.5. The third-order valence-corrected chi connectivity index (χ3v) is 7.49. The maximum atomic E-state index is 5.78. The molecule has 0 radical (unpaired) electrons. The first-order valence-corrected chi connectivity index (χ1v) is 14.1.